The van der Waals surface area contributed by atoms with E-state index >= 15 is 0 Å². The first-order valence-electron chi connectivity index (χ1n) is 6.10. The predicted octanol–water partition coefficient (Wildman–Crippen LogP) is 4.11. The normalized spacial score (nSPS) is 10.4. The second-order valence-electron chi connectivity index (χ2n) is 4.43. The molecule has 0 aliphatic heterocycles. The highest BCUT2D eigenvalue weighted by Gasteiger charge is 2.05. The van der Waals surface area contributed by atoms with Crippen molar-refractivity contribution in [1.82, 2.24) is 0 Å². The molecule has 0 fully saturated rings. The SMILES string of the molecule is Cc1ccc(OC(C)Oc2ccc(C)cc2)cc1. The zero-order chi connectivity index (χ0) is 13.0. The topological polar surface area (TPSA) is 18.5 Å². The summed E-state index contributed by atoms with van der Waals surface area (Å²) in [5.41, 5.74) is 2.43. The molecule has 2 heteroatoms. The highest BCUT2D eigenvalue weighted by Crippen LogP contribution is 2.17. The maximum absolute atomic E-state index is 5.68. The number of hydrogen-bond acceptors (Lipinski definition) is 2. The van der Waals surface area contributed by atoms with Crippen molar-refractivity contribution >= 4 is 0 Å². The lowest BCUT2D eigenvalue weighted by atomic mass is 10.2. The third-order valence-corrected chi connectivity index (χ3v) is 2.65. The zero-order valence-electron chi connectivity index (χ0n) is 11.0. The molecule has 0 radical (unpaired) electrons. The van der Waals surface area contributed by atoms with Gasteiger partial charge in [0.15, 0.2) is 0 Å². The standard InChI is InChI=1S/C16H18O2/c1-12-4-8-15(9-5-12)17-14(3)18-16-10-6-13(2)7-11-16/h4-11,14H,1-3H3. The van der Waals surface area contributed by atoms with E-state index in [-0.39, 0.29) is 6.29 Å². The van der Waals surface area contributed by atoms with Crippen LogP contribution in [0.5, 0.6) is 11.5 Å². The van der Waals surface area contributed by atoms with Crippen LogP contribution in [0.15, 0.2) is 48.5 Å². The van der Waals surface area contributed by atoms with E-state index in [0.717, 1.165) is 11.5 Å². The number of hydrogen-bond donors (Lipinski definition) is 0. The van der Waals surface area contributed by atoms with Gasteiger partial charge in [-0.05, 0) is 38.1 Å². The summed E-state index contributed by atoms with van der Waals surface area (Å²) in [5.74, 6) is 1.64. The number of rotatable bonds is 4. The van der Waals surface area contributed by atoms with Gasteiger partial charge in [-0.15, -0.1) is 0 Å². The molecule has 0 saturated carbocycles. The molecule has 2 nitrogen and oxygen atoms in total. The smallest absolute Gasteiger partial charge is 0.238 e. The molecule has 0 heterocycles. The first-order valence-corrected chi connectivity index (χ1v) is 6.10. The quantitative estimate of drug-likeness (QED) is 0.751. The highest BCUT2D eigenvalue weighted by atomic mass is 16.7. The minimum atomic E-state index is -0.310. The molecular formula is C16H18O2. The van der Waals surface area contributed by atoms with Gasteiger partial charge in [-0.25, -0.2) is 0 Å². The second-order valence-corrected chi connectivity index (χ2v) is 4.43. The van der Waals surface area contributed by atoms with Crippen LogP contribution in [0.2, 0.25) is 0 Å². The minimum Gasteiger partial charge on any atom is -0.455 e. The Morgan fingerprint density at radius 1 is 0.667 bits per heavy atom. The molecule has 94 valence electrons. The molecule has 0 aliphatic rings. The first-order chi connectivity index (χ1) is 8.63. The Morgan fingerprint density at radius 2 is 1.00 bits per heavy atom. The minimum absolute atomic E-state index is 0.310. The average Bonchev–Trinajstić information content (AvgIpc) is 2.35. The largest absolute Gasteiger partial charge is 0.455 e. The lowest BCUT2D eigenvalue weighted by Gasteiger charge is -2.16. The fourth-order valence-electron chi connectivity index (χ4n) is 1.64. The van der Waals surface area contributed by atoms with E-state index in [4.69, 9.17) is 9.47 Å². The van der Waals surface area contributed by atoms with Gasteiger partial charge in [0, 0.05) is 6.92 Å². The van der Waals surface area contributed by atoms with Crippen molar-refractivity contribution in [3.05, 3.63) is 59.7 Å². The van der Waals surface area contributed by atoms with Crippen LogP contribution in [-0.2, 0) is 0 Å². The van der Waals surface area contributed by atoms with Gasteiger partial charge >= 0.3 is 0 Å². The van der Waals surface area contributed by atoms with Gasteiger partial charge in [0.2, 0.25) is 6.29 Å². The van der Waals surface area contributed by atoms with Crippen molar-refractivity contribution in [2.24, 2.45) is 0 Å². The summed E-state index contributed by atoms with van der Waals surface area (Å²) in [5, 5.41) is 0. The van der Waals surface area contributed by atoms with E-state index < -0.39 is 0 Å². The molecular weight excluding hydrogens is 224 g/mol. The Morgan fingerprint density at radius 3 is 1.33 bits per heavy atom. The van der Waals surface area contributed by atoms with Gasteiger partial charge in [-0.3, -0.25) is 0 Å². The van der Waals surface area contributed by atoms with Gasteiger partial charge in [0.25, 0.3) is 0 Å². The lowest BCUT2D eigenvalue weighted by Crippen LogP contribution is -2.19. The van der Waals surface area contributed by atoms with Crippen LogP contribution in [0.3, 0.4) is 0 Å². The lowest BCUT2D eigenvalue weighted by molar-refractivity contribution is 0.0223. The predicted molar refractivity (Wildman–Crippen MR) is 73.1 cm³/mol. The molecule has 18 heavy (non-hydrogen) atoms. The molecule has 2 aromatic rings. The fourth-order valence-corrected chi connectivity index (χ4v) is 1.64. The van der Waals surface area contributed by atoms with Crippen LogP contribution < -0.4 is 9.47 Å². The molecule has 0 aliphatic carbocycles. The maximum atomic E-state index is 5.68. The monoisotopic (exact) mass is 242 g/mol. The van der Waals surface area contributed by atoms with E-state index in [2.05, 4.69) is 13.8 Å². The van der Waals surface area contributed by atoms with Gasteiger partial charge < -0.3 is 9.47 Å². The summed E-state index contributed by atoms with van der Waals surface area (Å²) in [6, 6.07) is 15.9. The van der Waals surface area contributed by atoms with Crippen molar-refractivity contribution in [2.75, 3.05) is 0 Å². The Kier molecular flexibility index (Phi) is 3.88. The van der Waals surface area contributed by atoms with Gasteiger partial charge in [-0.1, -0.05) is 35.4 Å². The Labute approximate surface area is 108 Å². The summed E-state index contributed by atoms with van der Waals surface area (Å²) >= 11 is 0. The number of benzene rings is 2. The molecule has 0 N–H and O–H groups in total. The van der Waals surface area contributed by atoms with E-state index in [1.807, 2.05) is 55.5 Å². The Bertz CT molecular complexity index is 438. The number of aryl methyl sites for hydroxylation is 2. The molecule has 0 spiro atoms. The van der Waals surface area contributed by atoms with E-state index in [0.29, 0.717) is 0 Å². The van der Waals surface area contributed by atoms with Crippen LogP contribution >= 0.6 is 0 Å². The third-order valence-electron chi connectivity index (χ3n) is 2.65. The van der Waals surface area contributed by atoms with E-state index in [1.54, 1.807) is 0 Å². The second kappa shape index (κ2) is 5.58. The molecule has 0 bridgehead atoms. The molecule has 0 saturated heterocycles. The Hall–Kier alpha value is -1.96. The molecule has 2 rings (SSSR count). The molecule has 0 amide bonds. The first kappa shape index (κ1) is 12.5. The van der Waals surface area contributed by atoms with Crippen molar-refractivity contribution in [3.8, 4) is 11.5 Å². The summed E-state index contributed by atoms with van der Waals surface area (Å²) in [6.45, 7) is 5.99. The van der Waals surface area contributed by atoms with Crippen LogP contribution in [0.1, 0.15) is 18.1 Å². The van der Waals surface area contributed by atoms with Crippen molar-refractivity contribution in [2.45, 2.75) is 27.1 Å². The van der Waals surface area contributed by atoms with Crippen molar-refractivity contribution < 1.29 is 9.47 Å². The summed E-state index contributed by atoms with van der Waals surface area (Å²) in [7, 11) is 0. The van der Waals surface area contributed by atoms with Crippen LogP contribution in [-0.4, -0.2) is 6.29 Å². The fraction of sp³-hybridized carbons (Fsp3) is 0.250. The third kappa shape index (κ3) is 3.52. The van der Waals surface area contributed by atoms with Gasteiger partial charge in [-0.2, -0.15) is 0 Å². The Balaban J connectivity index is 1.94. The summed E-state index contributed by atoms with van der Waals surface area (Å²) in [6.07, 6.45) is -0.310. The van der Waals surface area contributed by atoms with Crippen LogP contribution in [0, 0.1) is 13.8 Å². The molecule has 0 atom stereocenters. The van der Waals surface area contributed by atoms with E-state index in [1.165, 1.54) is 11.1 Å². The van der Waals surface area contributed by atoms with Crippen molar-refractivity contribution in [3.63, 3.8) is 0 Å². The average molecular weight is 242 g/mol. The van der Waals surface area contributed by atoms with Gasteiger partial charge in [0.1, 0.15) is 11.5 Å². The number of ether oxygens (including phenoxy) is 2. The maximum Gasteiger partial charge on any atom is 0.238 e. The van der Waals surface area contributed by atoms with Crippen LogP contribution in [0.4, 0.5) is 0 Å². The van der Waals surface area contributed by atoms with E-state index in [9.17, 15) is 0 Å². The zero-order valence-corrected chi connectivity index (χ0v) is 11.0. The summed E-state index contributed by atoms with van der Waals surface area (Å²) in [4.78, 5) is 0. The van der Waals surface area contributed by atoms with Gasteiger partial charge in [0.05, 0.1) is 0 Å². The molecule has 2 aromatic carbocycles. The van der Waals surface area contributed by atoms with Crippen molar-refractivity contribution in [1.29, 1.82) is 0 Å². The highest BCUT2D eigenvalue weighted by molar-refractivity contribution is 5.28. The summed E-state index contributed by atoms with van der Waals surface area (Å²) < 4.78 is 11.4. The molecule has 0 aromatic heterocycles. The van der Waals surface area contributed by atoms with Crippen LogP contribution in [0.25, 0.3) is 0 Å². The molecule has 0 unspecified atom stereocenters.